The van der Waals surface area contributed by atoms with Crippen LogP contribution < -0.4 is 5.32 Å². The molecule has 0 radical (unpaired) electrons. The van der Waals surface area contributed by atoms with Crippen LogP contribution in [0.3, 0.4) is 0 Å². The summed E-state index contributed by atoms with van der Waals surface area (Å²) in [5, 5.41) is 8.27. The predicted molar refractivity (Wildman–Crippen MR) is 76.5 cm³/mol. The van der Waals surface area contributed by atoms with E-state index in [0.29, 0.717) is 0 Å². The Kier molecular flexibility index (Phi) is 4.19. The summed E-state index contributed by atoms with van der Waals surface area (Å²) in [6.07, 6.45) is 2.11. The summed E-state index contributed by atoms with van der Waals surface area (Å²) < 4.78 is 1.89. The third-order valence-corrected chi connectivity index (χ3v) is 3.84. The van der Waals surface area contributed by atoms with Crippen LogP contribution >= 0.6 is 12.2 Å². The Bertz CT molecular complexity index is 420. The van der Waals surface area contributed by atoms with Gasteiger partial charge >= 0.3 is 0 Å². The van der Waals surface area contributed by atoms with E-state index in [0.717, 1.165) is 43.5 Å². The molecule has 0 aromatic carbocycles. The Balaban J connectivity index is 1.87. The van der Waals surface area contributed by atoms with Gasteiger partial charge in [-0.05, 0) is 19.1 Å². The lowest BCUT2D eigenvalue weighted by atomic mass is 10.2. The highest BCUT2D eigenvalue weighted by Gasteiger charge is 2.19. The molecule has 6 heteroatoms. The van der Waals surface area contributed by atoms with Crippen LogP contribution in [-0.4, -0.2) is 57.9 Å². The van der Waals surface area contributed by atoms with E-state index in [1.807, 2.05) is 18.8 Å². The maximum absolute atomic E-state index is 5.25. The average Bonchev–Trinajstić information content (AvgIpc) is 2.68. The summed E-state index contributed by atoms with van der Waals surface area (Å²) in [6.45, 7) is 7.16. The Morgan fingerprint density at radius 3 is 2.56 bits per heavy atom. The summed E-state index contributed by atoms with van der Waals surface area (Å²) in [5.41, 5.74) is 2.45. The lowest BCUT2D eigenvalue weighted by Gasteiger charge is -2.35. The highest BCUT2D eigenvalue weighted by molar-refractivity contribution is 7.80. The van der Waals surface area contributed by atoms with Crippen molar-refractivity contribution >= 4 is 17.3 Å². The lowest BCUT2D eigenvalue weighted by molar-refractivity contribution is 0.174. The molecule has 0 bridgehead atoms. The number of nitrogens with one attached hydrogen (secondary N) is 1. The summed E-state index contributed by atoms with van der Waals surface area (Å²) in [5.74, 6) is 0. The van der Waals surface area contributed by atoms with Gasteiger partial charge in [0.15, 0.2) is 5.11 Å². The number of hydrogen-bond donors (Lipinski definition) is 1. The zero-order valence-electron chi connectivity index (χ0n) is 11.3. The molecule has 1 aromatic rings. The molecule has 100 valence electrons. The van der Waals surface area contributed by atoms with Crippen LogP contribution in [0, 0.1) is 6.92 Å². The number of nitrogens with zero attached hydrogens (tertiary/aromatic N) is 4. The monoisotopic (exact) mass is 267 g/mol. The van der Waals surface area contributed by atoms with Gasteiger partial charge in [-0.2, -0.15) is 5.10 Å². The lowest BCUT2D eigenvalue weighted by Crippen LogP contribution is -2.50. The first kappa shape index (κ1) is 13.3. The average molecular weight is 267 g/mol. The van der Waals surface area contributed by atoms with Crippen molar-refractivity contribution in [2.24, 2.45) is 7.05 Å². The zero-order chi connectivity index (χ0) is 13.1. The first-order valence-corrected chi connectivity index (χ1v) is 6.69. The van der Waals surface area contributed by atoms with Crippen molar-refractivity contribution in [3.05, 3.63) is 17.5 Å². The number of thiocarbonyl (C=S) groups is 1. The molecule has 1 aromatic heterocycles. The van der Waals surface area contributed by atoms with Crippen LogP contribution in [0.2, 0.25) is 0 Å². The molecule has 0 unspecified atom stereocenters. The molecule has 0 atom stereocenters. The topological polar surface area (TPSA) is 36.3 Å². The minimum absolute atomic E-state index is 0.854. The maximum Gasteiger partial charge on any atom is 0.168 e. The van der Waals surface area contributed by atoms with Crippen LogP contribution in [0.1, 0.15) is 11.3 Å². The van der Waals surface area contributed by atoms with Crippen LogP contribution in [0.5, 0.6) is 0 Å². The molecule has 1 fully saturated rings. The van der Waals surface area contributed by atoms with E-state index in [9.17, 15) is 0 Å². The molecule has 1 N–H and O–H groups in total. The van der Waals surface area contributed by atoms with Crippen molar-refractivity contribution in [2.75, 3.05) is 33.2 Å². The number of hydrogen-bond acceptors (Lipinski definition) is 3. The molecule has 1 saturated heterocycles. The minimum Gasteiger partial charge on any atom is -0.366 e. The molecule has 0 spiro atoms. The van der Waals surface area contributed by atoms with E-state index < -0.39 is 0 Å². The van der Waals surface area contributed by atoms with Gasteiger partial charge in [-0.25, -0.2) is 0 Å². The zero-order valence-corrected chi connectivity index (χ0v) is 12.1. The van der Waals surface area contributed by atoms with Crippen molar-refractivity contribution in [2.45, 2.75) is 13.5 Å². The second-order valence-corrected chi connectivity index (χ2v) is 5.12. The van der Waals surface area contributed by atoms with Gasteiger partial charge in [0.1, 0.15) is 0 Å². The second-order valence-electron chi connectivity index (χ2n) is 4.73. The third kappa shape index (κ3) is 3.00. The fraction of sp³-hybridized carbons (Fsp3) is 0.667. The van der Waals surface area contributed by atoms with E-state index in [1.54, 1.807) is 0 Å². The van der Waals surface area contributed by atoms with Crippen LogP contribution in [0.4, 0.5) is 0 Å². The van der Waals surface area contributed by atoms with Crippen molar-refractivity contribution in [1.82, 2.24) is 24.9 Å². The molecule has 18 heavy (non-hydrogen) atoms. The van der Waals surface area contributed by atoms with Gasteiger partial charge < -0.3 is 10.2 Å². The van der Waals surface area contributed by atoms with Crippen molar-refractivity contribution in [1.29, 1.82) is 0 Å². The summed E-state index contributed by atoms with van der Waals surface area (Å²) in [7, 11) is 3.85. The molecule has 2 heterocycles. The molecule has 5 nitrogen and oxygen atoms in total. The van der Waals surface area contributed by atoms with Gasteiger partial charge in [0.05, 0.1) is 5.69 Å². The molecular formula is C12H21N5S. The second kappa shape index (κ2) is 5.67. The molecule has 0 aliphatic carbocycles. The Morgan fingerprint density at radius 2 is 2.06 bits per heavy atom. The van der Waals surface area contributed by atoms with Gasteiger partial charge in [0, 0.05) is 58.6 Å². The molecule has 0 saturated carbocycles. The smallest absolute Gasteiger partial charge is 0.168 e. The largest absolute Gasteiger partial charge is 0.366 e. The Morgan fingerprint density at radius 1 is 1.39 bits per heavy atom. The first-order valence-electron chi connectivity index (χ1n) is 6.28. The van der Waals surface area contributed by atoms with Crippen LogP contribution in [0.25, 0.3) is 0 Å². The van der Waals surface area contributed by atoms with E-state index in [4.69, 9.17) is 12.2 Å². The van der Waals surface area contributed by atoms with Crippen molar-refractivity contribution in [3.63, 3.8) is 0 Å². The number of rotatable bonds is 2. The van der Waals surface area contributed by atoms with Crippen molar-refractivity contribution in [3.8, 4) is 0 Å². The maximum atomic E-state index is 5.25. The number of aromatic nitrogens is 2. The summed E-state index contributed by atoms with van der Waals surface area (Å²) in [6, 6.07) is 0. The first-order chi connectivity index (χ1) is 8.60. The van der Waals surface area contributed by atoms with Gasteiger partial charge in [-0.1, -0.05) is 0 Å². The molecule has 1 aliphatic heterocycles. The highest BCUT2D eigenvalue weighted by Crippen LogP contribution is 2.11. The van der Waals surface area contributed by atoms with Gasteiger partial charge in [-0.15, -0.1) is 0 Å². The van der Waals surface area contributed by atoms with Crippen LogP contribution in [0.15, 0.2) is 6.20 Å². The minimum atomic E-state index is 0.854. The van der Waals surface area contributed by atoms with Crippen LogP contribution in [-0.2, 0) is 13.6 Å². The van der Waals surface area contributed by atoms with Gasteiger partial charge in [-0.3, -0.25) is 9.58 Å². The molecule has 1 aliphatic rings. The Labute approximate surface area is 114 Å². The number of piperazine rings is 1. The fourth-order valence-corrected chi connectivity index (χ4v) is 2.49. The predicted octanol–water partition coefficient (Wildman–Crippen LogP) is 0.350. The molecule has 2 rings (SSSR count). The van der Waals surface area contributed by atoms with Gasteiger partial charge in [0.2, 0.25) is 0 Å². The number of aryl methyl sites for hydroxylation is 2. The molecular weight excluding hydrogens is 246 g/mol. The molecule has 0 amide bonds. The third-order valence-electron chi connectivity index (χ3n) is 3.38. The van der Waals surface area contributed by atoms with E-state index >= 15 is 0 Å². The quantitative estimate of drug-likeness (QED) is 0.783. The SMILES string of the molecule is CNC(=S)N1CCN(Cc2cn(C)nc2C)CC1. The van der Waals surface area contributed by atoms with E-state index in [-0.39, 0.29) is 0 Å². The fourth-order valence-electron chi connectivity index (χ4n) is 2.31. The Hall–Kier alpha value is -1.14. The normalized spacial score (nSPS) is 16.9. The standard InChI is InChI=1S/C12H21N5S/c1-10-11(8-15(3)14-10)9-16-4-6-17(7-5-16)12(18)13-2/h8H,4-7,9H2,1-3H3,(H,13,18). The highest BCUT2D eigenvalue weighted by atomic mass is 32.1. The summed E-state index contributed by atoms with van der Waals surface area (Å²) in [4.78, 5) is 4.68. The van der Waals surface area contributed by atoms with E-state index in [1.165, 1.54) is 5.56 Å². The van der Waals surface area contributed by atoms with Crippen molar-refractivity contribution < 1.29 is 0 Å². The summed E-state index contributed by atoms with van der Waals surface area (Å²) >= 11 is 5.25. The van der Waals surface area contributed by atoms with E-state index in [2.05, 4.69) is 33.3 Å². The van der Waals surface area contributed by atoms with Gasteiger partial charge in [0.25, 0.3) is 0 Å².